The molecular formula is C22H34O2. The lowest BCUT2D eigenvalue weighted by Gasteiger charge is -2.31. The topological polar surface area (TPSA) is 40.5 Å². The Hall–Kier alpha value is -1.44. The van der Waals surface area contributed by atoms with Crippen molar-refractivity contribution in [3.63, 3.8) is 0 Å². The van der Waals surface area contributed by atoms with Gasteiger partial charge in [0.1, 0.15) is 11.5 Å². The molecule has 1 aromatic carbocycles. The van der Waals surface area contributed by atoms with E-state index in [1.165, 1.54) is 44.6 Å². The van der Waals surface area contributed by atoms with Gasteiger partial charge in [-0.2, -0.15) is 0 Å². The van der Waals surface area contributed by atoms with Crippen molar-refractivity contribution in [2.24, 2.45) is 0 Å². The first-order valence-corrected chi connectivity index (χ1v) is 9.68. The summed E-state index contributed by atoms with van der Waals surface area (Å²) < 4.78 is 0. The molecule has 2 N–H and O–H groups in total. The highest BCUT2D eigenvalue weighted by Crippen LogP contribution is 2.44. The molecule has 1 unspecified atom stereocenters. The fourth-order valence-corrected chi connectivity index (χ4v) is 3.92. The molecule has 0 bridgehead atoms. The minimum atomic E-state index is -0.0422. The molecule has 1 aromatic rings. The molecule has 0 saturated carbocycles. The number of rotatable bonds is 7. The minimum absolute atomic E-state index is 0.0422. The second-order valence-electron chi connectivity index (χ2n) is 7.94. The lowest BCUT2D eigenvalue weighted by molar-refractivity contribution is 0.412. The van der Waals surface area contributed by atoms with Crippen LogP contribution in [0.5, 0.6) is 11.5 Å². The van der Waals surface area contributed by atoms with Gasteiger partial charge in [0.2, 0.25) is 0 Å². The summed E-state index contributed by atoms with van der Waals surface area (Å²) in [5, 5.41) is 20.7. The summed E-state index contributed by atoms with van der Waals surface area (Å²) in [5.41, 5.74) is 2.11. The van der Waals surface area contributed by atoms with Crippen molar-refractivity contribution in [2.75, 3.05) is 0 Å². The maximum Gasteiger partial charge on any atom is 0.123 e. The Morgan fingerprint density at radius 2 is 1.88 bits per heavy atom. The monoisotopic (exact) mass is 330 g/mol. The van der Waals surface area contributed by atoms with E-state index in [1.54, 1.807) is 0 Å². The van der Waals surface area contributed by atoms with Crippen LogP contribution in [0.1, 0.15) is 95.6 Å². The van der Waals surface area contributed by atoms with Gasteiger partial charge in [0, 0.05) is 17.5 Å². The van der Waals surface area contributed by atoms with E-state index < -0.39 is 0 Å². The number of hydrogen-bond acceptors (Lipinski definition) is 2. The average molecular weight is 331 g/mol. The van der Waals surface area contributed by atoms with Gasteiger partial charge in [-0.25, -0.2) is 0 Å². The molecule has 1 aliphatic rings. The Balaban J connectivity index is 2.33. The Kier molecular flexibility index (Phi) is 6.77. The Bertz CT molecular complexity index is 557. The molecule has 1 aliphatic carbocycles. The summed E-state index contributed by atoms with van der Waals surface area (Å²) in [7, 11) is 0. The van der Waals surface area contributed by atoms with E-state index in [2.05, 4.69) is 32.9 Å². The van der Waals surface area contributed by atoms with Crippen LogP contribution in [0.15, 0.2) is 24.3 Å². The molecule has 2 rings (SSSR count). The second kappa shape index (κ2) is 8.60. The van der Waals surface area contributed by atoms with Crippen molar-refractivity contribution in [1.29, 1.82) is 0 Å². The molecule has 0 amide bonds. The summed E-state index contributed by atoms with van der Waals surface area (Å²) in [4.78, 5) is 0. The summed E-state index contributed by atoms with van der Waals surface area (Å²) >= 11 is 0. The van der Waals surface area contributed by atoms with Crippen LogP contribution in [-0.2, 0) is 5.41 Å². The molecule has 24 heavy (non-hydrogen) atoms. The van der Waals surface area contributed by atoms with E-state index in [4.69, 9.17) is 0 Å². The Labute approximate surface area is 147 Å². The molecule has 1 atom stereocenters. The van der Waals surface area contributed by atoms with Crippen LogP contribution < -0.4 is 0 Å². The van der Waals surface area contributed by atoms with E-state index in [-0.39, 0.29) is 22.8 Å². The van der Waals surface area contributed by atoms with Gasteiger partial charge in [-0.15, -0.1) is 0 Å². The lowest BCUT2D eigenvalue weighted by atomic mass is 9.74. The molecule has 0 radical (unpaired) electrons. The molecule has 0 fully saturated rings. The quantitative estimate of drug-likeness (QED) is 0.439. The first kappa shape index (κ1) is 18.9. The first-order chi connectivity index (χ1) is 11.5. The van der Waals surface area contributed by atoms with Crippen molar-refractivity contribution < 1.29 is 10.2 Å². The van der Waals surface area contributed by atoms with Crippen LogP contribution in [-0.4, -0.2) is 10.2 Å². The van der Waals surface area contributed by atoms with Crippen LogP contribution >= 0.6 is 0 Å². The van der Waals surface area contributed by atoms with Crippen molar-refractivity contribution in [3.05, 3.63) is 35.4 Å². The van der Waals surface area contributed by atoms with Crippen molar-refractivity contribution in [3.8, 4) is 11.5 Å². The molecule has 134 valence electrons. The van der Waals surface area contributed by atoms with E-state index in [9.17, 15) is 10.2 Å². The zero-order valence-corrected chi connectivity index (χ0v) is 15.6. The van der Waals surface area contributed by atoms with Gasteiger partial charge in [-0.1, -0.05) is 65.0 Å². The number of hydrogen-bond donors (Lipinski definition) is 2. The van der Waals surface area contributed by atoms with Gasteiger partial charge in [0.05, 0.1) is 0 Å². The van der Waals surface area contributed by atoms with E-state index >= 15 is 0 Å². The van der Waals surface area contributed by atoms with Crippen LogP contribution in [0.4, 0.5) is 0 Å². The van der Waals surface area contributed by atoms with Crippen LogP contribution in [0.25, 0.3) is 0 Å². The van der Waals surface area contributed by atoms with Gasteiger partial charge in [0.25, 0.3) is 0 Å². The molecule has 0 heterocycles. The molecule has 0 aliphatic heterocycles. The highest BCUT2D eigenvalue weighted by molar-refractivity contribution is 5.51. The highest BCUT2D eigenvalue weighted by Gasteiger charge is 2.29. The lowest BCUT2D eigenvalue weighted by Crippen LogP contribution is -2.20. The smallest absolute Gasteiger partial charge is 0.123 e. The maximum atomic E-state index is 10.6. The normalized spacial score (nSPS) is 18.5. The van der Waals surface area contributed by atoms with Crippen molar-refractivity contribution in [2.45, 2.75) is 89.9 Å². The Morgan fingerprint density at radius 3 is 2.62 bits per heavy atom. The van der Waals surface area contributed by atoms with Crippen LogP contribution in [0.2, 0.25) is 0 Å². The second-order valence-corrected chi connectivity index (χ2v) is 7.94. The Morgan fingerprint density at radius 1 is 1.08 bits per heavy atom. The molecular weight excluding hydrogens is 296 g/mol. The maximum absolute atomic E-state index is 10.6. The summed E-state index contributed by atoms with van der Waals surface area (Å²) in [6, 6.07) is 3.39. The SMILES string of the molecule is CCCCCCC(C)(C)c1cc(O)cc(O)c1C1C=CCCCC1. The number of phenolic OH excluding ortho intramolecular Hbond substituents is 2. The van der Waals surface area contributed by atoms with Crippen molar-refractivity contribution in [1.82, 2.24) is 0 Å². The zero-order chi connectivity index (χ0) is 17.6. The third kappa shape index (κ3) is 4.78. The fraction of sp³-hybridized carbons (Fsp3) is 0.636. The van der Waals surface area contributed by atoms with Crippen LogP contribution in [0.3, 0.4) is 0 Å². The molecule has 2 nitrogen and oxygen atoms in total. The predicted molar refractivity (Wildman–Crippen MR) is 102 cm³/mol. The molecule has 0 aromatic heterocycles. The zero-order valence-electron chi connectivity index (χ0n) is 15.6. The molecule has 0 spiro atoms. The number of allylic oxidation sites excluding steroid dienone is 2. The number of aromatic hydroxyl groups is 2. The summed E-state index contributed by atoms with van der Waals surface area (Å²) in [6.45, 7) is 6.73. The van der Waals surface area contributed by atoms with E-state index in [1.807, 2.05) is 6.07 Å². The van der Waals surface area contributed by atoms with E-state index in [0.29, 0.717) is 0 Å². The van der Waals surface area contributed by atoms with E-state index in [0.717, 1.165) is 30.4 Å². The van der Waals surface area contributed by atoms with Crippen LogP contribution in [0, 0.1) is 0 Å². The van der Waals surface area contributed by atoms with Crippen molar-refractivity contribution >= 4 is 0 Å². The molecule has 2 heteroatoms. The summed E-state index contributed by atoms with van der Waals surface area (Å²) in [5.74, 6) is 0.687. The van der Waals surface area contributed by atoms with Gasteiger partial charge >= 0.3 is 0 Å². The number of benzene rings is 1. The fourth-order valence-electron chi connectivity index (χ4n) is 3.92. The highest BCUT2D eigenvalue weighted by atomic mass is 16.3. The predicted octanol–water partition coefficient (Wildman–Crippen LogP) is 6.56. The largest absolute Gasteiger partial charge is 0.508 e. The first-order valence-electron chi connectivity index (χ1n) is 9.68. The van der Waals surface area contributed by atoms with Gasteiger partial charge in [0.15, 0.2) is 0 Å². The minimum Gasteiger partial charge on any atom is -0.508 e. The van der Waals surface area contributed by atoms with Gasteiger partial charge < -0.3 is 10.2 Å². The third-order valence-corrected chi connectivity index (χ3v) is 5.40. The number of unbranched alkanes of at least 4 members (excludes halogenated alkanes) is 3. The summed E-state index contributed by atoms with van der Waals surface area (Å²) in [6.07, 6.45) is 15.2. The average Bonchev–Trinajstić information content (AvgIpc) is 2.80. The third-order valence-electron chi connectivity index (χ3n) is 5.40. The number of phenols is 2. The van der Waals surface area contributed by atoms with Gasteiger partial charge in [-0.3, -0.25) is 0 Å². The molecule has 0 saturated heterocycles. The standard InChI is InChI=1S/C22H34O2/c1-4-5-6-11-14-22(2,3)19-15-18(23)16-20(24)21(19)17-12-9-7-8-10-13-17/h9,12,15-17,23-24H,4-8,10-11,13-14H2,1-3H3. The van der Waals surface area contributed by atoms with Gasteiger partial charge in [-0.05, 0) is 42.7 Å².